The summed E-state index contributed by atoms with van der Waals surface area (Å²) in [5, 5.41) is 0. The second-order valence-corrected chi connectivity index (χ2v) is 8.93. The minimum atomic E-state index is 0.0686. The van der Waals surface area contributed by atoms with Gasteiger partial charge in [-0.3, -0.25) is 4.79 Å². The first-order valence-corrected chi connectivity index (χ1v) is 13.1. The van der Waals surface area contributed by atoms with Crippen molar-refractivity contribution in [3.8, 4) is 0 Å². The van der Waals surface area contributed by atoms with E-state index in [9.17, 15) is 4.79 Å². The summed E-state index contributed by atoms with van der Waals surface area (Å²) in [7, 11) is 0. The van der Waals surface area contributed by atoms with Crippen LogP contribution in [0.15, 0.2) is 22.8 Å². The van der Waals surface area contributed by atoms with Crippen LogP contribution in [0.1, 0.15) is 140 Å². The largest absolute Gasteiger partial charge is 0.459 e. The van der Waals surface area contributed by atoms with Crippen LogP contribution < -0.4 is 0 Å². The lowest BCUT2D eigenvalue weighted by atomic mass is 10.1. The van der Waals surface area contributed by atoms with Crippen molar-refractivity contribution in [1.82, 2.24) is 4.90 Å². The quantitative estimate of drug-likeness (QED) is 0.186. The monoisotopic (exact) mass is 419 g/mol. The lowest BCUT2D eigenvalue weighted by molar-refractivity contribution is 0.0717. The second-order valence-electron chi connectivity index (χ2n) is 8.93. The zero-order chi connectivity index (χ0) is 21.7. The van der Waals surface area contributed by atoms with Gasteiger partial charge in [-0.15, -0.1) is 0 Å². The Morgan fingerprint density at radius 3 is 1.43 bits per heavy atom. The SMILES string of the molecule is CCCCCCCCCCCN(CCCCCCCCCCC)C(=O)c1ccco1. The summed E-state index contributed by atoms with van der Waals surface area (Å²) in [5.74, 6) is 0.556. The maximum atomic E-state index is 12.8. The van der Waals surface area contributed by atoms with Gasteiger partial charge in [-0.05, 0) is 25.0 Å². The van der Waals surface area contributed by atoms with Crippen molar-refractivity contribution in [2.45, 2.75) is 129 Å². The zero-order valence-corrected chi connectivity index (χ0v) is 20.1. The molecule has 3 nitrogen and oxygen atoms in total. The van der Waals surface area contributed by atoms with Gasteiger partial charge in [0.2, 0.25) is 0 Å². The summed E-state index contributed by atoms with van der Waals surface area (Å²) in [6.07, 6.45) is 25.2. The van der Waals surface area contributed by atoms with Crippen molar-refractivity contribution in [2.24, 2.45) is 0 Å². The number of hydrogen-bond acceptors (Lipinski definition) is 2. The molecule has 0 radical (unpaired) electrons. The fourth-order valence-electron chi connectivity index (χ4n) is 4.10. The molecule has 1 heterocycles. The van der Waals surface area contributed by atoms with Crippen molar-refractivity contribution in [2.75, 3.05) is 13.1 Å². The molecule has 1 rings (SSSR count). The van der Waals surface area contributed by atoms with Crippen LogP contribution in [0.5, 0.6) is 0 Å². The van der Waals surface area contributed by atoms with E-state index >= 15 is 0 Å². The van der Waals surface area contributed by atoms with Gasteiger partial charge in [0.15, 0.2) is 5.76 Å². The standard InChI is InChI=1S/C27H49NO2/c1-3-5-7-9-11-13-15-17-19-23-28(27(29)26-22-21-25-30-26)24-20-18-16-14-12-10-8-6-4-2/h21-22,25H,3-20,23-24H2,1-2H3. The fourth-order valence-corrected chi connectivity index (χ4v) is 4.10. The average Bonchev–Trinajstić information content (AvgIpc) is 3.30. The predicted octanol–water partition coefficient (Wildman–Crippen LogP) is 8.78. The van der Waals surface area contributed by atoms with E-state index < -0.39 is 0 Å². The summed E-state index contributed by atoms with van der Waals surface area (Å²) >= 11 is 0. The third-order valence-corrected chi connectivity index (χ3v) is 6.08. The number of carbonyl (C=O) groups excluding carboxylic acids is 1. The number of carbonyl (C=O) groups is 1. The molecule has 0 fully saturated rings. The zero-order valence-electron chi connectivity index (χ0n) is 20.1. The van der Waals surface area contributed by atoms with Crippen molar-refractivity contribution in [1.29, 1.82) is 0 Å². The van der Waals surface area contributed by atoms with E-state index in [-0.39, 0.29) is 5.91 Å². The summed E-state index contributed by atoms with van der Waals surface area (Å²) in [6.45, 7) is 6.27. The molecule has 0 aliphatic heterocycles. The Bertz CT molecular complexity index is 461. The molecule has 1 aromatic heterocycles. The van der Waals surface area contributed by atoms with E-state index in [0.717, 1.165) is 25.9 Å². The Morgan fingerprint density at radius 1 is 0.667 bits per heavy atom. The van der Waals surface area contributed by atoms with Gasteiger partial charge in [-0.1, -0.05) is 117 Å². The molecule has 174 valence electrons. The van der Waals surface area contributed by atoms with Gasteiger partial charge in [0.25, 0.3) is 5.91 Å². The van der Waals surface area contributed by atoms with Gasteiger partial charge in [-0.2, -0.15) is 0 Å². The first-order chi connectivity index (χ1) is 14.8. The molecule has 3 heteroatoms. The molecule has 0 aliphatic carbocycles. The topological polar surface area (TPSA) is 33.5 Å². The van der Waals surface area contributed by atoms with E-state index in [0.29, 0.717) is 5.76 Å². The Balaban J connectivity index is 2.18. The van der Waals surface area contributed by atoms with E-state index in [2.05, 4.69) is 13.8 Å². The predicted molar refractivity (Wildman–Crippen MR) is 129 cm³/mol. The summed E-state index contributed by atoms with van der Waals surface area (Å²) in [6, 6.07) is 3.60. The van der Waals surface area contributed by atoms with Gasteiger partial charge in [0, 0.05) is 13.1 Å². The van der Waals surface area contributed by atoms with Crippen molar-refractivity contribution in [3.05, 3.63) is 24.2 Å². The van der Waals surface area contributed by atoms with Crippen LogP contribution in [0.3, 0.4) is 0 Å². The minimum absolute atomic E-state index is 0.0686. The lowest BCUT2D eigenvalue weighted by Gasteiger charge is -2.21. The highest BCUT2D eigenvalue weighted by Crippen LogP contribution is 2.14. The molecule has 1 aromatic rings. The smallest absolute Gasteiger partial charge is 0.289 e. The van der Waals surface area contributed by atoms with Gasteiger partial charge < -0.3 is 9.32 Å². The van der Waals surface area contributed by atoms with Crippen LogP contribution in [-0.2, 0) is 0 Å². The van der Waals surface area contributed by atoms with Crippen LogP contribution in [0.4, 0.5) is 0 Å². The molecule has 0 saturated carbocycles. The molecule has 0 aliphatic rings. The average molecular weight is 420 g/mol. The number of amides is 1. The Kier molecular flexibility index (Phi) is 17.6. The van der Waals surface area contributed by atoms with Gasteiger partial charge in [-0.25, -0.2) is 0 Å². The molecule has 0 atom stereocenters. The molecule has 0 saturated heterocycles. The number of hydrogen-bond donors (Lipinski definition) is 0. The minimum Gasteiger partial charge on any atom is -0.459 e. The molecule has 0 N–H and O–H groups in total. The van der Waals surface area contributed by atoms with E-state index in [1.54, 1.807) is 12.3 Å². The highest BCUT2D eigenvalue weighted by Gasteiger charge is 2.17. The van der Waals surface area contributed by atoms with Gasteiger partial charge in [0.05, 0.1) is 6.26 Å². The third-order valence-electron chi connectivity index (χ3n) is 6.08. The van der Waals surface area contributed by atoms with Crippen molar-refractivity contribution >= 4 is 5.91 Å². The molecular weight excluding hydrogens is 370 g/mol. The third kappa shape index (κ3) is 13.9. The Hall–Kier alpha value is -1.25. The Labute approximate surface area is 187 Å². The number of nitrogens with zero attached hydrogens (tertiary/aromatic N) is 1. The first kappa shape index (κ1) is 26.8. The van der Waals surface area contributed by atoms with Crippen LogP contribution in [0.2, 0.25) is 0 Å². The highest BCUT2D eigenvalue weighted by molar-refractivity contribution is 5.91. The number of furan rings is 1. The highest BCUT2D eigenvalue weighted by atomic mass is 16.3. The molecule has 1 amide bonds. The molecule has 0 spiro atoms. The molecule has 0 bridgehead atoms. The van der Waals surface area contributed by atoms with Crippen molar-refractivity contribution in [3.63, 3.8) is 0 Å². The van der Waals surface area contributed by atoms with E-state index in [1.807, 2.05) is 11.0 Å². The van der Waals surface area contributed by atoms with Crippen molar-refractivity contribution < 1.29 is 9.21 Å². The van der Waals surface area contributed by atoms with Gasteiger partial charge >= 0.3 is 0 Å². The summed E-state index contributed by atoms with van der Waals surface area (Å²) in [4.78, 5) is 14.8. The van der Waals surface area contributed by atoms with Crippen LogP contribution in [-0.4, -0.2) is 23.9 Å². The lowest BCUT2D eigenvalue weighted by Crippen LogP contribution is -2.32. The van der Waals surface area contributed by atoms with Crippen LogP contribution >= 0.6 is 0 Å². The number of rotatable bonds is 21. The van der Waals surface area contributed by atoms with Crippen LogP contribution in [0, 0.1) is 0 Å². The van der Waals surface area contributed by atoms with E-state index in [4.69, 9.17) is 4.42 Å². The molecule has 0 unspecified atom stereocenters. The van der Waals surface area contributed by atoms with Crippen LogP contribution in [0.25, 0.3) is 0 Å². The maximum absolute atomic E-state index is 12.8. The first-order valence-electron chi connectivity index (χ1n) is 13.1. The fraction of sp³-hybridized carbons (Fsp3) is 0.815. The summed E-state index contributed by atoms with van der Waals surface area (Å²) < 4.78 is 5.37. The molecule has 0 aromatic carbocycles. The van der Waals surface area contributed by atoms with E-state index in [1.165, 1.54) is 103 Å². The maximum Gasteiger partial charge on any atom is 0.289 e. The Morgan fingerprint density at radius 2 is 1.07 bits per heavy atom. The normalized spacial score (nSPS) is 11.1. The van der Waals surface area contributed by atoms with Gasteiger partial charge in [0.1, 0.15) is 0 Å². The molecule has 30 heavy (non-hydrogen) atoms. The summed E-state index contributed by atoms with van der Waals surface area (Å²) in [5.41, 5.74) is 0. The number of unbranched alkanes of at least 4 members (excludes halogenated alkanes) is 16. The second kappa shape index (κ2) is 19.7. The molecular formula is C27H49NO2.